The SMILES string of the molecule is CC.CC.CC.CC.CC.CC.CC.CC.CC.CC.CC.CC(C)(C)C1CCC1.CC(C)(C)C1CCCCC1.CC(C)(C)C1CCCNC1.CC(C)(C)Cc1ccccc1.CC(C)(C)Cc1cn[nH]c1.CC(C)(C)c1cc2ccccc2cn1.CC(C)(C)c1ccc2ccccc2n1.CC(C)(C)c1ccccc1.CC(C)(C)c1ccccn1.CC(C)(C)c1cccnn1.CC(C)(C)c1nc2c(s1)CNCC2.CC(CO)C(C)(C)C. The smallest absolute Gasteiger partial charge is 0.0985 e. The first-order valence-electron chi connectivity index (χ1n) is 59.5. The van der Waals surface area contributed by atoms with Gasteiger partial charge in [0.2, 0.25) is 0 Å². The highest BCUT2D eigenvalue weighted by atomic mass is 32.1. The Kier molecular flexibility index (Phi) is 93.8. The van der Waals surface area contributed by atoms with Gasteiger partial charge in [0.15, 0.2) is 0 Å². The molecule has 11 nitrogen and oxygen atoms in total. The van der Waals surface area contributed by atoms with Crippen LogP contribution in [0.1, 0.15) is 528 Å². The van der Waals surface area contributed by atoms with Crippen molar-refractivity contribution in [2.75, 3.05) is 26.2 Å². The summed E-state index contributed by atoms with van der Waals surface area (Å²) < 4.78 is 0. The number of nitrogens with one attached hydrogen (secondary N) is 3. The Hall–Kier alpha value is -7.35. The molecule has 3 fully saturated rings. The molecule has 2 atom stereocenters. The molecule has 2 aliphatic carbocycles. The van der Waals surface area contributed by atoms with Gasteiger partial charge in [-0.3, -0.25) is 20.1 Å². The molecule has 6 aromatic heterocycles. The normalized spacial score (nSPS) is 13.6. The number of para-hydroxylation sites is 1. The predicted molar refractivity (Wildman–Crippen MR) is 686 cm³/mol. The molecule has 10 aromatic rings. The fraction of sp³-hybridized carbons (Fsp3) is 0.674. The van der Waals surface area contributed by atoms with Gasteiger partial charge in [-0.1, -0.05) is 549 Å². The molecular weight excluding hydrogens is 1850 g/mol. The first-order chi connectivity index (χ1) is 70.0. The summed E-state index contributed by atoms with van der Waals surface area (Å²) in [6.07, 6.45) is 27.2. The van der Waals surface area contributed by atoms with Gasteiger partial charge >= 0.3 is 0 Å². The number of piperidine rings is 1. The van der Waals surface area contributed by atoms with E-state index in [2.05, 4.69) is 417 Å². The van der Waals surface area contributed by atoms with Gasteiger partial charge in [-0.15, -0.1) is 11.3 Å². The molecule has 0 amide bonds. The number of nitrogens with zero attached hydrogens (tertiary/aromatic N) is 7. The van der Waals surface area contributed by atoms with Crippen LogP contribution in [0.25, 0.3) is 21.7 Å². The van der Waals surface area contributed by atoms with Gasteiger partial charge in [-0.05, 0) is 191 Å². The van der Waals surface area contributed by atoms with Crippen LogP contribution in [0.4, 0.5) is 0 Å². The van der Waals surface area contributed by atoms with Crippen LogP contribution in [0.2, 0.25) is 0 Å². The number of benzene rings is 4. The summed E-state index contributed by atoms with van der Waals surface area (Å²) in [4.78, 5) is 19.5. The fourth-order valence-corrected chi connectivity index (χ4v) is 15.3. The highest BCUT2D eigenvalue weighted by Gasteiger charge is 2.31. The van der Waals surface area contributed by atoms with E-state index < -0.39 is 0 Å². The van der Waals surface area contributed by atoms with E-state index in [0.717, 1.165) is 78.4 Å². The molecule has 2 saturated carbocycles. The number of thiazole rings is 1. The summed E-state index contributed by atoms with van der Waals surface area (Å²) in [5.41, 5.74) is 14.8. The number of fused-ring (bicyclic) bond motifs is 3. The monoisotopic (exact) mass is 2100 g/mol. The highest BCUT2D eigenvalue weighted by Crippen LogP contribution is 2.42. The maximum absolute atomic E-state index is 8.67. The van der Waals surface area contributed by atoms with Gasteiger partial charge in [-0.25, -0.2) is 4.98 Å². The van der Waals surface area contributed by atoms with Crippen molar-refractivity contribution in [3.63, 3.8) is 0 Å². The van der Waals surface area contributed by atoms with Crippen LogP contribution in [0.15, 0.2) is 189 Å². The molecule has 150 heavy (non-hydrogen) atoms. The van der Waals surface area contributed by atoms with Crippen molar-refractivity contribution >= 4 is 33.0 Å². The number of aromatic amines is 1. The maximum Gasteiger partial charge on any atom is 0.0985 e. The quantitative estimate of drug-likeness (QED) is 0.135. The van der Waals surface area contributed by atoms with Gasteiger partial charge in [0.25, 0.3) is 0 Å². The Balaban J connectivity index is -0.000000204. The highest BCUT2D eigenvalue weighted by molar-refractivity contribution is 7.11. The van der Waals surface area contributed by atoms with Crippen molar-refractivity contribution in [1.29, 1.82) is 0 Å². The molecule has 0 radical (unpaired) electrons. The van der Waals surface area contributed by atoms with E-state index >= 15 is 0 Å². The number of aromatic nitrogens is 8. The lowest BCUT2D eigenvalue weighted by Crippen LogP contribution is -2.36. The molecule has 14 rings (SSSR count). The minimum Gasteiger partial charge on any atom is -0.396 e. The molecule has 1 saturated heterocycles. The Morgan fingerprint density at radius 1 is 0.347 bits per heavy atom. The molecule has 4 aromatic carbocycles. The van der Waals surface area contributed by atoms with Crippen LogP contribution in [-0.4, -0.2) is 71.7 Å². The van der Waals surface area contributed by atoms with E-state index in [0.29, 0.717) is 45.0 Å². The molecule has 12 heteroatoms. The van der Waals surface area contributed by atoms with Crippen molar-refractivity contribution < 1.29 is 5.11 Å². The molecule has 4 N–H and O–H groups in total. The number of aliphatic hydroxyl groups excluding tert-OH is 1. The van der Waals surface area contributed by atoms with Gasteiger partial charge < -0.3 is 15.7 Å². The van der Waals surface area contributed by atoms with Crippen LogP contribution < -0.4 is 10.6 Å². The number of pyridine rings is 3. The number of aliphatic hydroxyl groups is 1. The third kappa shape index (κ3) is 80.4. The lowest BCUT2D eigenvalue weighted by Gasteiger charge is -2.37. The maximum atomic E-state index is 8.67. The molecule has 866 valence electrons. The summed E-state index contributed by atoms with van der Waals surface area (Å²) in [6.45, 7) is 131. The van der Waals surface area contributed by atoms with E-state index in [9.17, 15) is 0 Å². The van der Waals surface area contributed by atoms with Crippen LogP contribution in [-0.2, 0) is 58.3 Å². The Bertz CT molecular complexity index is 4280. The lowest BCUT2D eigenvalue weighted by atomic mass is 9.69. The zero-order valence-electron chi connectivity index (χ0n) is 110. The molecule has 2 unspecified atom stereocenters. The molecular formula is C138H252N10OS. The second kappa shape index (κ2) is 87.8. The summed E-state index contributed by atoms with van der Waals surface area (Å²) in [5, 5.41) is 34.9. The van der Waals surface area contributed by atoms with Gasteiger partial charge in [-0.2, -0.15) is 15.3 Å². The zero-order valence-corrected chi connectivity index (χ0v) is 111. The average Bonchev–Trinajstić information content (AvgIpc) is 1.64. The Morgan fingerprint density at radius 3 is 1.09 bits per heavy atom. The summed E-state index contributed by atoms with van der Waals surface area (Å²) in [7, 11) is 0. The lowest BCUT2D eigenvalue weighted by molar-refractivity contribution is 0.141. The number of hydrogen-bond donors (Lipinski definition) is 4. The second-order valence-corrected chi connectivity index (χ2v) is 50.0. The van der Waals surface area contributed by atoms with Crippen LogP contribution in [0, 0.1) is 56.2 Å². The summed E-state index contributed by atoms with van der Waals surface area (Å²) in [5.74, 6) is 3.33. The Morgan fingerprint density at radius 2 is 0.767 bits per heavy atom. The zero-order chi connectivity index (χ0) is 119. The predicted octanol–water partition coefficient (Wildman–Crippen LogP) is 43.0. The van der Waals surface area contributed by atoms with E-state index in [4.69, 9.17) is 10.1 Å². The minimum atomic E-state index is 0.119. The van der Waals surface area contributed by atoms with Crippen molar-refractivity contribution in [3.8, 4) is 0 Å². The van der Waals surface area contributed by atoms with E-state index in [1.165, 1.54) is 126 Å². The van der Waals surface area contributed by atoms with E-state index in [-0.39, 0.29) is 32.5 Å². The largest absolute Gasteiger partial charge is 0.396 e. The molecule has 0 spiro atoms. The van der Waals surface area contributed by atoms with E-state index in [1.54, 1.807) is 6.20 Å². The third-order valence-electron chi connectivity index (χ3n) is 23.7. The van der Waals surface area contributed by atoms with E-state index in [1.807, 2.05) is 231 Å². The third-order valence-corrected chi connectivity index (χ3v) is 25.2. The number of rotatable bonds is 3. The van der Waals surface area contributed by atoms with Gasteiger partial charge in [0.1, 0.15) is 0 Å². The Labute approximate surface area is 939 Å². The van der Waals surface area contributed by atoms with Gasteiger partial charge in [0.05, 0.1) is 28.1 Å². The van der Waals surface area contributed by atoms with Crippen LogP contribution in [0.5, 0.6) is 0 Å². The standard InChI is InChI=1S/2C13H15N.C11H16.C10H16N2S.C10H20.C10H14.C9H19N.C9H13N.C8H14N2.C8H12N2.C8H16.C7H16O.11C2H6/c1-13(2,3)12-8-10-6-4-5-7-11(10)9-14-12;1-13(2,3)12-9-8-10-6-4-5-7-11(10)14-12;1-11(2,3)9-10-7-5-4-6-8-10;1-10(2,3)9-12-7-4-5-11-6-8(7)13-9;2*1-10(2,3)9-7-5-4-6-8-9;1-9(2,3)8-5-4-6-10-7-8;1-9(2,3)8-6-4-5-7-10-8;1-8(2,3)4-7-5-9-10-6-7;1-8(2,3)7-5-4-6-9-10-7;1-8(2,3)7-5-4-6-7;1-6(5-8)7(2,3)4;11*1-2/h2*4-9H,1-3H3;4-8H,9H2,1-3H3;11H,4-6H2,1-3H3;9H,4-8H2,1-3H3;4-8H,1-3H3;8,10H,4-7H2,1-3H3;4-7H,1-3H3;5-6H,4H2,1-3H3,(H,9,10);4-6H,1-3H3;7H,4-6H2,1-3H3;6,8H,5H2,1-4H3;11*1-2H3. The first kappa shape index (κ1) is 160. The average molecular weight is 2100 g/mol. The first-order valence-corrected chi connectivity index (χ1v) is 60.3. The van der Waals surface area contributed by atoms with Crippen LogP contribution in [0.3, 0.4) is 0 Å². The second-order valence-electron chi connectivity index (χ2n) is 48.9. The van der Waals surface area contributed by atoms with Gasteiger partial charge in [0, 0.05) is 111 Å². The topological polar surface area (TPSA) is 150 Å². The van der Waals surface area contributed by atoms with Crippen LogP contribution >= 0.6 is 11.3 Å². The summed E-state index contributed by atoms with van der Waals surface area (Å²) >= 11 is 1.87. The number of hydrogen-bond acceptors (Lipinski definition) is 11. The molecule has 4 aliphatic rings. The summed E-state index contributed by atoms with van der Waals surface area (Å²) in [6, 6.07) is 54.1. The fourth-order valence-electron chi connectivity index (χ4n) is 14.2. The molecule has 8 heterocycles. The van der Waals surface area contributed by atoms with Crippen molar-refractivity contribution in [2.24, 2.45) is 56.2 Å². The van der Waals surface area contributed by atoms with Crippen molar-refractivity contribution in [1.82, 2.24) is 51.0 Å². The molecule has 0 bridgehead atoms. The van der Waals surface area contributed by atoms with Crippen molar-refractivity contribution in [3.05, 3.63) is 244 Å². The number of H-pyrrole nitrogens is 1. The van der Waals surface area contributed by atoms with Crippen molar-refractivity contribution in [2.45, 2.75) is 531 Å². The minimum absolute atomic E-state index is 0.119. The molecule has 2 aliphatic heterocycles.